The average Bonchev–Trinajstić information content (AvgIpc) is 3.15. The number of nitrogens with zero attached hydrogens (tertiary/aromatic N) is 1. The number of carboxylic acids is 1. The van der Waals surface area contributed by atoms with E-state index in [2.05, 4.69) is 31.3 Å². The zero-order valence-electron chi connectivity index (χ0n) is 19.7. The fraction of sp³-hybridized carbons (Fsp3) is 0.444. The summed E-state index contributed by atoms with van der Waals surface area (Å²) in [6, 6.07) is 14.9. The molecule has 0 spiro atoms. The first-order valence-electron chi connectivity index (χ1n) is 12.0. The van der Waals surface area contributed by atoms with E-state index in [0.717, 1.165) is 35.1 Å². The number of fused-ring (bicyclic) bond motifs is 3. The van der Waals surface area contributed by atoms with Crippen molar-refractivity contribution in [3.05, 3.63) is 59.7 Å². The number of carbonyl (C=O) groups is 3. The molecule has 1 heterocycles. The number of carbonyl (C=O) groups excluding carboxylic acids is 2. The number of nitrogens with one attached hydrogen (secondary N) is 1. The number of piperidine rings is 1. The van der Waals surface area contributed by atoms with Gasteiger partial charge in [0.25, 0.3) is 0 Å². The normalized spacial score (nSPS) is 16.6. The first-order chi connectivity index (χ1) is 16.3. The Hall–Kier alpha value is -3.35. The lowest BCUT2D eigenvalue weighted by atomic mass is 9.86. The third-order valence-corrected chi connectivity index (χ3v) is 7.11. The fourth-order valence-electron chi connectivity index (χ4n) is 5.16. The Morgan fingerprint density at radius 1 is 1.00 bits per heavy atom. The molecule has 34 heavy (non-hydrogen) atoms. The Morgan fingerprint density at radius 2 is 1.56 bits per heavy atom. The van der Waals surface area contributed by atoms with Gasteiger partial charge < -0.3 is 20.1 Å². The van der Waals surface area contributed by atoms with Crippen molar-refractivity contribution in [2.24, 2.45) is 11.8 Å². The van der Waals surface area contributed by atoms with E-state index in [-0.39, 0.29) is 18.4 Å². The highest BCUT2D eigenvalue weighted by Gasteiger charge is 2.33. The zero-order chi connectivity index (χ0) is 24.2. The molecule has 2 aliphatic rings. The summed E-state index contributed by atoms with van der Waals surface area (Å²) < 4.78 is 5.52. The Balaban J connectivity index is 1.39. The van der Waals surface area contributed by atoms with Crippen LogP contribution in [-0.2, 0) is 14.3 Å². The maximum absolute atomic E-state index is 13.0. The molecule has 2 N–H and O–H groups in total. The second kappa shape index (κ2) is 10.3. The topological polar surface area (TPSA) is 95.9 Å². The number of rotatable bonds is 7. The van der Waals surface area contributed by atoms with E-state index in [0.29, 0.717) is 24.9 Å². The van der Waals surface area contributed by atoms with Crippen molar-refractivity contribution < 1.29 is 24.2 Å². The van der Waals surface area contributed by atoms with Gasteiger partial charge in [0.2, 0.25) is 5.91 Å². The third-order valence-electron chi connectivity index (χ3n) is 7.11. The van der Waals surface area contributed by atoms with E-state index >= 15 is 0 Å². The number of alkyl carbamates (subject to hydrolysis) is 1. The van der Waals surface area contributed by atoms with Crippen LogP contribution >= 0.6 is 0 Å². The Morgan fingerprint density at radius 3 is 2.09 bits per heavy atom. The second-order valence-corrected chi connectivity index (χ2v) is 9.53. The third kappa shape index (κ3) is 5.08. The molecule has 1 fully saturated rings. The van der Waals surface area contributed by atoms with Crippen molar-refractivity contribution in [3.63, 3.8) is 0 Å². The molecule has 0 aromatic heterocycles. The molecular formula is C27H32N2O5. The summed E-state index contributed by atoms with van der Waals surface area (Å²) in [6.45, 7) is 5.60. The summed E-state index contributed by atoms with van der Waals surface area (Å²) in [5.74, 6) is -0.516. The molecule has 0 bridgehead atoms. The van der Waals surface area contributed by atoms with Crippen LogP contribution in [0.2, 0.25) is 0 Å². The van der Waals surface area contributed by atoms with Crippen LogP contribution in [0.3, 0.4) is 0 Å². The van der Waals surface area contributed by atoms with E-state index < -0.39 is 24.5 Å². The molecule has 2 aromatic carbocycles. The summed E-state index contributed by atoms with van der Waals surface area (Å²) >= 11 is 0. The number of aliphatic carboxylic acids is 1. The van der Waals surface area contributed by atoms with Gasteiger partial charge in [-0.05, 0) is 46.9 Å². The molecule has 2 aromatic rings. The van der Waals surface area contributed by atoms with Crippen molar-refractivity contribution in [1.29, 1.82) is 0 Å². The molecule has 180 valence electrons. The van der Waals surface area contributed by atoms with Crippen LogP contribution in [-0.4, -0.2) is 53.7 Å². The molecule has 2 amide bonds. The largest absolute Gasteiger partial charge is 0.481 e. The van der Waals surface area contributed by atoms with Crippen LogP contribution in [0.1, 0.15) is 50.2 Å². The van der Waals surface area contributed by atoms with Crippen LogP contribution < -0.4 is 5.32 Å². The maximum atomic E-state index is 13.0. The number of likely N-dealkylation sites (tertiary alicyclic amines) is 1. The SMILES string of the molecule is CC(C)C1CCN(C(=O)C(CC(=O)O)NC(=O)OCC2c3ccccc3-c3ccccc32)CC1. The number of ether oxygens (including phenoxy) is 1. The van der Waals surface area contributed by atoms with Gasteiger partial charge in [-0.25, -0.2) is 4.79 Å². The lowest BCUT2D eigenvalue weighted by Crippen LogP contribution is -2.52. The molecule has 0 radical (unpaired) electrons. The fourth-order valence-corrected chi connectivity index (χ4v) is 5.16. The smallest absolute Gasteiger partial charge is 0.407 e. The summed E-state index contributed by atoms with van der Waals surface area (Å²) in [7, 11) is 0. The van der Waals surface area contributed by atoms with Gasteiger partial charge in [-0.3, -0.25) is 9.59 Å². The molecule has 4 rings (SSSR count). The average molecular weight is 465 g/mol. The van der Waals surface area contributed by atoms with Crippen molar-refractivity contribution in [1.82, 2.24) is 10.2 Å². The number of benzene rings is 2. The van der Waals surface area contributed by atoms with Crippen molar-refractivity contribution in [2.75, 3.05) is 19.7 Å². The molecule has 1 aliphatic carbocycles. The first kappa shape index (κ1) is 23.8. The lowest BCUT2D eigenvalue weighted by Gasteiger charge is -2.35. The molecule has 1 atom stereocenters. The van der Waals surface area contributed by atoms with Crippen molar-refractivity contribution in [3.8, 4) is 11.1 Å². The molecule has 1 unspecified atom stereocenters. The minimum Gasteiger partial charge on any atom is -0.481 e. The minimum atomic E-state index is -1.15. The van der Waals surface area contributed by atoms with E-state index in [1.807, 2.05) is 36.4 Å². The van der Waals surface area contributed by atoms with Crippen LogP contribution in [0.15, 0.2) is 48.5 Å². The molecule has 1 saturated heterocycles. The van der Waals surface area contributed by atoms with E-state index in [9.17, 15) is 19.5 Å². The predicted molar refractivity (Wildman–Crippen MR) is 128 cm³/mol. The van der Waals surface area contributed by atoms with Gasteiger partial charge >= 0.3 is 12.1 Å². The minimum absolute atomic E-state index is 0.105. The van der Waals surface area contributed by atoms with Gasteiger partial charge in [0.05, 0.1) is 6.42 Å². The quantitative estimate of drug-likeness (QED) is 0.638. The zero-order valence-corrected chi connectivity index (χ0v) is 19.7. The molecule has 1 aliphatic heterocycles. The van der Waals surface area contributed by atoms with Gasteiger partial charge in [-0.15, -0.1) is 0 Å². The van der Waals surface area contributed by atoms with Crippen molar-refractivity contribution in [2.45, 2.75) is 45.1 Å². The van der Waals surface area contributed by atoms with Crippen molar-refractivity contribution >= 4 is 18.0 Å². The molecule has 7 heteroatoms. The summed E-state index contributed by atoms with van der Waals surface area (Å²) in [6.07, 6.45) is 0.508. The maximum Gasteiger partial charge on any atom is 0.407 e. The number of amides is 2. The monoisotopic (exact) mass is 464 g/mol. The van der Waals surface area contributed by atoms with E-state index in [4.69, 9.17) is 4.74 Å². The molecule has 0 saturated carbocycles. The number of hydrogen-bond acceptors (Lipinski definition) is 4. The van der Waals surface area contributed by atoms with Gasteiger partial charge in [0.15, 0.2) is 0 Å². The standard InChI is InChI=1S/C27H32N2O5/c1-17(2)18-11-13-29(14-12-18)26(32)24(15-25(30)31)28-27(33)34-16-23-21-9-5-3-7-19(21)20-8-4-6-10-22(20)23/h3-10,17-18,23-24H,11-16H2,1-2H3,(H,28,33)(H,30,31). The van der Waals surface area contributed by atoms with Gasteiger partial charge in [-0.1, -0.05) is 62.4 Å². The van der Waals surface area contributed by atoms with Crippen LogP contribution in [0.25, 0.3) is 11.1 Å². The Kier molecular flexibility index (Phi) is 7.20. The highest BCUT2D eigenvalue weighted by atomic mass is 16.5. The van der Waals surface area contributed by atoms with Crippen LogP contribution in [0.4, 0.5) is 4.79 Å². The lowest BCUT2D eigenvalue weighted by molar-refractivity contribution is -0.143. The number of hydrogen-bond donors (Lipinski definition) is 2. The highest BCUT2D eigenvalue weighted by molar-refractivity contribution is 5.89. The predicted octanol–water partition coefficient (Wildman–Crippen LogP) is 4.26. The van der Waals surface area contributed by atoms with Gasteiger partial charge in [0.1, 0.15) is 12.6 Å². The second-order valence-electron chi connectivity index (χ2n) is 9.53. The van der Waals surface area contributed by atoms with Gasteiger partial charge in [-0.2, -0.15) is 0 Å². The number of carboxylic acid groups (broad SMARTS) is 1. The van der Waals surface area contributed by atoms with Crippen LogP contribution in [0.5, 0.6) is 0 Å². The summed E-state index contributed by atoms with van der Waals surface area (Å²) in [4.78, 5) is 38.7. The van der Waals surface area contributed by atoms with E-state index in [1.54, 1.807) is 4.90 Å². The van der Waals surface area contributed by atoms with Gasteiger partial charge in [0, 0.05) is 19.0 Å². The Labute approximate surface area is 200 Å². The summed E-state index contributed by atoms with van der Waals surface area (Å²) in [5, 5.41) is 11.8. The highest BCUT2D eigenvalue weighted by Crippen LogP contribution is 2.44. The Bertz CT molecular complexity index is 1010. The van der Waals surface area contributed by atoms with Crippen LogP contribution in [0, 0.1) is 11.8 Å². The molecule has 7 nitrogen and oxygen atoms in total. The first-order valence-corrected chi connectivity index (χ1v) is 12.0. The molecular weight excluding hydrogens is 432 g/mol. The summed E-state index contributed by atoms with van der Waals surface area (Å²) in [5.41, 5.74) is 4.41. The van der Waals surface area contributed by atoms with E-state index in [1.165, 1.54) is 0 Å².